The number of anilines is 1. The largest absolute Gasteiger partial charge is 0.494 e. The highest BCUT2D eigenvalue weighted by molar-refractivity contribution is 5.28. The molecule has 0 amide bonds. The normalized spacial score (nSPS) is 10.3. The zero-order valence-corrected chi connectivity index (χ0v) is 10.9. The summed E-state index contributed by atoms with van der Waals surface area (Å²) < 4.78 is 7.61. The van der Waals surface area contributed by atoms with Gasteiger partial charge < -0.3 is 14.6 Å². The molecular weight excluding hydrogens is 226 g/mol. The molecule has 0 radical (unpaired) electrons. The molecular formula is C14H19N3O. The number of hydrogen-bond acceptors (Lipinski definition) is 3. The van der Waals surface area contributed by atoms with E-state index < -0.39 is 0 Å². The van der Waals surface area contributed by atoms with Crippen molar-refractivity contribution in [2.24, 2.45) is 7.05 Å². The zero-order valence-electron chi connectivity index (χ0n) is 10.9. The van der Waals surface area contributed by atoms with E-state index in [1.165, 1.54) is 0 Å². The molecule has 0 fully saturated rings. The molecule has 0 unspecified atom stereocenters. The van der Waals surface area contributed by atoms with Gasteiger partial charge in [-0.15, -0.1) is 0 Å². The lowest BCUT2D eigenvalue weighted by Gasteiger charge is -2.07. The third kappa shape index (κ3) is 3.52. The fourth-order valence-electron chi connectivity index (χ4n) is 1.76. The molecule has 1 heterocycles. The summed E-state index contributed by atoms with van der Waals surface area (Å²) in [6.45, 7) is 3.56. The number of aryl methyl sites for hydroxylation is 2. The SMILES string of the molecule is Cc1cn(C)c(NCCCOc2ccccc2)n1. The summed E-state index contributed by atoms with van der Waals surface area (Å²) in [6, 6.07) is 9.87. The molecule has 0 saturated heterocycles. The van der Waals surface area contributed by atoms with Crippen LogP contribution < -0.4 is 10.1 Å². The van der Waals surface area contributed by atoms with E-state index in [1.54, 1.807) is 0 Å². The smallest absolute Gasteiger partial charge is 0.202 e. The van der Waals surface area contributed by atoms with Gasteiger partial charge in [-0.1, -0.05) is 18.2 Å². The van der Waals surface area contributed by atoms with Crippen molar-refractivity contribution in [2.75, 3.05) is 18.5 Å². The number of hydrogen-bond donors (Lipinski definition) is 1. The highest BCUT2D eigenvalue weighted by Gasteiger charge is 2.00. The maximum Gasteiger partial charge on any atom is 0.202 e. The van der Waals surface area contributed by atoms with Gasteiger partial charge >= 0.3 is 0 Å². The summed E-state index contributed by atoms with van der Waals surface area (Å²) in [6.07, 6.45) is 2.95. The van der Waals surface area contributed by atoms with Crippen molar-refractivity contribution in [1.29, 1.82) is 0 Å². The first kappa shape index (κ1) is 12.5. The number of nitrogens with zero attached hydrogens (tertiary/aromatic N) is 2. The lowest BCUT2D eigenvalue weighted by molar-refractivity contribution is 0.315. The van der Waals surface area contributed by atoms with Crippen LogP contribution in [0.5, 0.6) is 5.75 Å². The molecule has 0 aliphatic rings. The number of benzene rings is 1. The Morgan fingerprint density at radius 1 is 1.28 bits per heavy atom. The highest BCUT2D eigenvalue weighted by atomic mass is 16.5. The molecule has 1 aromatic heterocycles. The fraction of sp³-hybridized carbons (Fsp3) is 0.357. The Morgan fingerprint density at radius 3 is 2.72 bits per heavy atom. The van der Waals surface area contributed by atoms with Crippen LogP contribution in [-0.4, -0.2) is 22.7 Å². The molecule has 2 aromatic rings. The van der Waals surface area contributed by atoms with Gasteiger partial charge in [0.25, 0.3) is 0 Å². The van der Waals surface area contributed by atoms with E-state index in [2.05, 4.69) is 10.3 Å². The van der Waals surface area contributed by atoms with Crippen LogP contribution in [-0.2, 0) is 7.05 Å². The minimum Gasteiger partial charge on any atom is -0.494 e. The number of ether oxygens (including phenoxy) is 1. The summed E-state index contributed by atoms with van der Waals surface area (Å²) in [5.41, 5.74) is 1.03. The lowest BCUT2D eigenvalue weighted by Crippen LogP contribution is -2.10. The van der Waals surface area contributed by atoms with Gasteiger partial charge in [-0.2, -0.15) is 0 Å². The first-order valence-corrected chi connectivity index (χ1v) is 6.17. The molecule has 1 aromatic carbocycles. The third-order valence-electron chi connectivity index (χ3n) is 2.61. The molecule has 0 atom stereocenters. The van der Waals surface area contributed by atoms with E-state index in [1.807, 2.05) is 55.1 Å². The predicted octanol–water partition coefficient (Wildman–Crippen LogP) is 2.61. The fourth-order valence-corrected chi connectivity index (χ4v) is 1.76. The number of rotatable bonds is 6. The second-order valence-corrected chi connectivity index (χ2v) is 4.26. The van der Waals surface area contributed by atoms with Crippen LogP contribution in [0.2, 0.25) is 0 Å². The standard InChI is InChI=1S/C14H19N3O/c1-12-11-17(2)14(16-12)15-9-6-10-18-13-7-4-3-5-8-13/h3-5,7-8,11H,6,9-10H2,1-2H3,(H,15,16). The summed E-state index contributed by atoms with van der Waals surface area (Å²) >= 11 is 0. The van der Waals surface area contributed by atoms with Gasteiger partial charge in [0, 0.05) is 19.8 Å². The van der Waals surface area contributed by atoms with Crippen molar-refractivity contribution in [3.8, 4) is 5.75 Å². The van der Waals surface area contributed by atoms with Gasteiger partial charge in [-0.25, -0.2) is 4.98 Å². The minimum atomic E-state index is 0.709. The van der Waals surface area contributed by atoms with E-state index in [0.29, 0.717) is 6.61 Å². The molecule has 2 rings (SSSR count). The topological polar surface area (TPSA) is 39.1 Å². The number of nitrogens with one attached hydrogen (secondary N) is 1. The Kier molecular flexibility index (Phi) is 4.23. The molecule has 0 bridgehead atoms. The molecule has 18 heavy (non-hydrogen) atoms. The van der Waals surface area contributed by atoms with Crippen molar-refractivity contribution in [3.63, 3.8) is 0 Å². The van der Waals surface area contributed by atoms with E-state index in [9.17, 15) is 0 Å². The average molecular weight is 245 g/mol. The van der Waals surface area contributed by atoms with E-state index >= 15 is 0 Å². The second-order valence-electron chi connectivity index (χ2n) is 4.26. The molecule has 1 N–H and O–H groups in total. The Bertz CT molecular complexity index is 479. The molecule has 4 heteroatoms. The molecule has 0 saturated carbocycles. The molecule has 0 aliphatic carbocycles. The van der Waals surface area contributed by atoms with Crippen molar-refractivity contribution in [2.45, 2.75) is 13.3 Å². The van der Waals surface area contributed by atoms with Gasteiger partial charge in [0.15, 0.2) is 0 Å². The molecule has 96 valence electrons. The maximum atomic E-state index is 5.61. The van der Waals surface area contributed by atoms with Gasteiger partial charge in [0.1, 0.15) is 5.75 Å². The Balaban J connectivity index is 1.66. The van der Waals surface area contributed by atoms with Crippen molar-refractivity contribution in [3.05, 3.63) is 42.2 Å². The van der Waals surface area contributed by atoms with Gasteiger partial charge in [-0.05, 0) is 25.5 Å². The quantitative estimate of drug-likeness (QED) is 0.795. The van der Waals surface area contributed by atoms with E-state index in [0.717, 1.165) is 30.4 Å². The summed E-state index contributed by atoms with van der Waals surface area (Å²) in [4.78, 5) is 4.38. The molecule has 4 nitrogen and oxygen atoms in total. The average Bonchev–Trinajstić information content (AvgIpc) is 2.69. The number of imidazole rings is 1. The second kappa shape index (κ2) is 6.10. The Labute approximate surface area is 108 Å². The van der Waals surface area contributed by atoms with Crippen molar-refractivity contribution >= 4 is 5.95 Å². The first-order chi connectivity index (χ1) is 8.75. The number of aromatic nitrogens is 2. The van der Waals surface area contributed by atoms with Crippen LogP contribution in [0.3, 0.4) is 0 Å². The number of para-hydroxylation sites is 1. The predicted molar refractivity (Wildman–Crippen MR) is 73.0 cm³/mol. The Hall–Kier alpha value is -1.97. The summed E-state index contributed by atoms with van der Waals surface area (Å²) in [5, 5.41) is 3.29. The summed E-state index contributed by atoms with van der Waals surface area (Å²) in [5.74, 6) is 1.83. The van der Waals surface area contributed by atoms with Crippen molar-refractivity contribution in [1.82, 2.24) is 9.55 Å². The summed E-state index contributed by atoms with van der Waals surface area (Å²) in [7, 11) is 1.99. The molecule has 0 aliphatic heterocycles. The van der Waals surface area contributed by atoms with Gasteiger partial charge in [0.2, 0.25) is 5.95 Å². The Morgan fingerprint density at radius 2 is 2.06 bits per heavy atom. The van der Waals surface area contributed by atoms with Crippen molar-refractivity contribution < 1.29 is 4.74 Å². The van der Waals surface area contributed by atoms with E-state index in [4.69, 9.17) is 4.74 Å². The maximum absolute atomic E-state index is 5.61. The zero-order chi connectivity index (χ0) is 12.8. The van der Waals surface area contributed by atoms with Crippen LogP contribution in [0.15, 0.2) is 36.5 Å². The third-order valence-corrected chi connectivity index (χ3v) is 2.61. The molecule has 0 spiro atoms. The minimum absolute atomic E-state index is 0.709. The van der Waals surface area contributed by atoms with Gasteiger partial charge in [0.05, 0.1) is 12.3 Å². The van der Waals surface area contributed by atoms with Crippen LogP contribution in [0.25, 0.3) is 0 Å². The van der Waals surface area contributed by atoms with Crippen LogP contribution in [0, 0.1) is 6.92 Å². The van der Waals surface area contributed by atoms with Crippen LogP contribution in [0.4, 0.5) is 5.95 Å². The first-order valence-electron chi connectivity index (χ1n) is 6.17. The van der Waals surface area contributed by atoms with Gasteiger partial charge in [-0.3, -0.25) is 0 Å². The van der Waals surface area contributed by atoms with E-state index in [-0.39, 0.29) is 0 Å². The highest BCUT2D eigenvalue weighted by Crippen LogP contribution is 2.09. The monoisotopic (exact) mass is 245 g/mol. The lowest BCUT2D eigenvalue weighted by atomic mass is 10.3. The van der Waals surface area contributed by atoms with Crippen LogP contribution >= 0.6 is 0 Å². The van der Waals surface area contributed by atoms with Crippen LogP contribution in [0.1, 0.15) is 12.1 Å².